The van der Waals surface area contributed by atoms with Crippen LogP contribution in [0, 0.1) is 0 Å². The summed E-state index contributed by atoms with van der Waals surface area (Å²) in [6.45, 7) is 0. The normalized spacial score (nSPS) is 15.1. The van der Waals surface area contributed by atoms with Gasteiger partial charge >= 0.3 is 0 Å². The minimum atomic E-state index is 0.799. The summed E-state index contributed by atoms with van der Waals surface area (Å²) in [5.74, 6) is 0. The van der Waals surface area contributed by atoms with Gasteiger partial charge in [-0.3, -0.25) is 0 Å². The molecular formula is C12H13ClN2S. The highest BCUT2D eigenvalue weighted by Crippen LogP contribution is 2.38. The van der Waals surface area contributed by atoms with Crippen LogP contribution in [-0.4, -0.2) is 12.0 Å². The third kappa shape index (κ3) is 1.50. The van der Waals surface area contributed by atoms with Crippen molar-refractivity contribution in [3.05, 3.63) is 22.2 Å². The molecule has 0 unspecified atom stereocenters. The summed E-state index contributed by atoms with van der Waals surface area (Å²) in [5, 5.41) is 4.85. The number of thiazole rings is 1. The predicted octanol–water partition coefficient (Wildman–Crippen LogP) is 3.87. The van der Waals surface area contributed by atoms with E-state index in [0.29, 0.717) is 0 Å². The number of fused-ring (bicyclic) bond motifs is 3. The first-order valence-corrected chi connectivity index (χ1v) is 6.77. The fourth-order valence-electron chi connectivity index (χ4n) is 2.36. The number of rotatable bonds is 1. The summed E-state index contributed by atoms with van der Waals surface area (Å²) in [6.07, 6.45) is 4.91. The Morgan fingerprint density at radius 3 is 3.00 bits per heavy atom. The number of aryl methyl sites for hydroxylation is 2. The van der Waals surface area contributed by atoms with Crippen molar-refractivity contribution in [1.29, 1.82) is 0 Å². The van der Waals surface area contributed by atoms with E-state index in [2.05, 4.69) is 16.4 Å². The summed E-state index contributed by atoms with van der Waals surface area (Å²) < 4.78 is 1.28. The second-order valence-corrected chi connectivity index (χ2v) is 5.56. The molecule has 1 heterocycles. The number of halogens is 1. The van der Waals surface area contributed by atoms with Crippen LogP contribution in [0.2, 0.25) is 5.02 Å². The van der Waals surface area contributed by atoms with Gasteiger partial charge in [-0.15, -0.1) is 0 Å². The van der Waals surface area contributed by atoms with Crippen LogP contribution in [0.15, 0.2) is 6.07 Å². The molecule has 0 amide bonds. The van der Waals surface area contributed by atoms with Gasteiger partial charge in [0.2, 0.25) is 0 Å². The lowest BCUT2D eigenvalue weighted by molar-refractivity contribution is 0.690. The van der Waals surface area contributed by atoms with Crippen LogP contribution in [0.1, 0.15) is 24.0 Å². The molecular weight excluding hydrogens is 240 g/mol. The van der Waals surface area contributed by atoms with Gasteiger partial charge in [0.05, 0.1) is 9.72 Å². The smallest absolute Gasteiger partial charge is 0.183 e. The van der Waals surface area contributed by atoms with Crippen molar-refractivity contribution in [2.75, 3.05) is 12.4 Å². The second kappa shape index (κ2) is 3.90. The molecule has 16 heavy (non-hydrogen) atoms. The van der Waals surface area contributed by atoms with Crippen molar-refractivity contribution in [2.45, 2.75) is 25.7 Å². The Morgan fingerprint density at radius 1 is 1.38 bits per heavy atom. The summed E-state index contributed by atoms with van der Waals surface area (Å²) in [4.78, 5) is 4.51. The zero-order valence-electron chi connectivity index (χ0n) is 9.14. The van der Waals surface area contributed by atoms with E-state index in [9.17, 15) is 0 Å². The standard InChI is InChI=1S/C12H13ClN2S/c1-14-12-15-10-9(13)6-7-4-2-3-5-8(7)11(10)16-12/h6H,2-5H2,1H3,(H,14,15). The highest BCUT2D eigenvalue weighted by atomic mass is 35.5. The summed E-state index contributed by atoms with van der Waals surface area (Å²) in [7, 11) is 1.90. The minimum Gasteiger partial charge on any atom is -0.365 e. The first-order chi connectivity index (χ1) is 7.79. The molecule has 1 aromatic heterocycles. The van der Waals surface area contributed by atoms with E-state index < -0.39 is 0 Å². The molecule has 84 valence electrons. The monoisotopic (exact) mass is 252 g/mol. The maximum atomic E-state index is 6.28. The number of anilines is 1. The molecule has 0 saturated carbocycles. The molecule has 0 spiro atoms. The van der Waals surface area contributed by atoms with Gasteiger partial charge in [-0.25, -0.2) is 4.98 Å². The maximum Gasteiger partial charge on any atom is 0.183 e. The van der Waals surface area contributed by atoms with E-state index in [1.165, 1.54) is 35.1 Å². The van der Waals surface area contributed by atoms with E-state index >= 15 is 0 Å². The van der Waals surface area contributed by atoms with Crippen molar-refractivity contribution in [3.63, 3.8) is 0 Å². The largest absolute Gasteiger partial charge is 0.365 e. The van der Waals surface area contributed by atoms with Gasteiger partial charge in [-0.1, -0.05) is 22.9 Å². The lowest BCUT2D eigenvalue weighted by atomic mass is 9.91. The first-order valence-electron chi connectivity index (χ1n) is 5.58. The average molecular weight is 253 g/mol. The van der Waals surface area contributed by atoms with Crippen molar-refractivity contribution in [2.24, 2.45) is 0 Å². The molecule has 1 N–H and O–H groups in total. The number of nitrogens with zero attached hydrogens (tertiary/aromatic N) is 1. The third-order valence-corrected chi connectivity index (χ3v) is 4.57. The number of benzene rings is 1. The summed E-state index contributed by atoms with van der Waals surface area (Å²) >= 11 is 8.00. The van der Waals surface area contributed by atoms with Gasteiger partial charge in [-0.2, -0.15) is 0 Å². The topological polar surface area (TPSA) is 24.9 Å². The molecule has 0 radical (unpaired) electrons. The fourth-order valence-corrected chi connectivity index (χ4v) is 3.73. The van der Waals surface area contributed by atoms with Gasteiger partial charge in [0.25, 0.3) is 0 Å². The van der Waals surface area contributed by atoms with E-state index in [4.69, 9.17) is 11.6 Å². The molecule has 4 heteroatoms. The highest BCUT2D eigenvalue weighted by Gasteiger charge is 2.17. The molecule has 1 aromatic carbocycles. The van der Waals surface area contributed by atoms with Crippen molar-refractivity contribution < 1.29 is 0 Å². The molecule has 0 fully saturated rings. The Bertz CT molecular complexity index is 547. The number of aromatic nitrogens is 1. The Labute approximate surface area is 104 Å². The molecule has 2 nitrogen and oxygen atoms in total. The van der Waals surface area contributed by atoms with Crippen LogP contribution in [-0.2, 0) is 12.8 Å². The predicted molar refractivity (Wildman–Crippen MR) is 70.8 cm³/mol. The fraction of sp³-hybridized carbons (Fsp3) is 0.417. The Balaban J connectivity index is 2.32. The van der Waals surface area contributed by atoms with Crippen molar-refractivity contribution >= 4 is 38.3 Å². The lowest BCUT2D eigenvalue weighted by Gasteiger charge is -2.16. The van der Waals surface area contributed by atoms with Gasteiger partial charge < -0.3 is 5.32 Å². The lowest BCUT2D eigenvalue weighted by Crippen LogP contribution is -2.02. The zero-order chi connectivity index (χ0) is 11.1. The van der Waals surface area contributed by atoms with Crippen LogP contribution in [0.3, 0.4) is 0 Å². The van der Waals surface area contributed by atoms with E-state index in [-0.39, 0.29) is 0 Å². The molecule has 1 aliphatic carbocycles. The van der Waals surface area contributed by atoms with Gasteiger partial charge in [0, 0.05) is 7.05 Å². The molecule has 0 aliphatic heterocycles. The minimum absolute atomic E-state index is 0.799. The third-order valence-electron chi connectivity index (χ3n) is 3.15. The van der Waals surface area contributed by atoms with E-state index in [1.807, 2.05) is 7.05 Å². The zero-order valence-corrected chi connectivity index (χ0v) is 10.7. The number of hydrogen-bond acceptors (Lipinski definition) is 3. The van der Waals surface area contributed by atoms with E-state index in [1.54, 1.807) is 11.3 Å². The van der Waals surface area contributed by atoms with Gasteiger partial charge in [0.1, 0.15) is 5.52 Å². The van der Waals surface area contributed by atoms with Crippen LogP contribution in [0.5, 0.6) is 0 Å². The van der Waals surface area contributed by atoms with E-state index in [0.717, 1.165) is 22.1 Å². The molecule has 0 saturated heterocycles. The quantitative estimate of drug-likeness (QED) is 0.834. The maximum absolute atomic E-state index is 6.28. The summed E-state index contributed by atoms with van der Waals surface area (Å²) in [6, 6.07) is 2.11. The van der Waals surface area contributed by atoms with Crippen LogP contribution < -0.4 is 5.32 Å². The van der Waals surface area contributed by atoms with Crippen LogP contribution in [0.25, 0.3) is 10.2 Å². The molecule has 0 bridgehead atoms. The Morgan fingerprint density at radius 2 is 2.19 bits per heavy atom. The molecule has 0 atom stereocenters. The van der Waals surface area contributed by atoms with Crippen LogP contribution >= 0.6 is 22.9 Å². The Hall–Kier alpha value is -0.800. The number of nitrogens with one attached hydrogen (secondary N) is 1. The van der Waals surface area contributed by atoms with Crippen molar-refractivity contribution in [1.82, 2.24) is 4.98 Å². The Kier molecular flexibility index (Phi) is 2.52. The summed E-state index contributed by atoms with van der Waals surface area (Å²) in [5.41, 5.74) is 3.87. The van der Waals surface area contributed by atoms with Gasteiger partial charge in [0.15, 0.2) is 5.13 Å². The van der Waals surface area contributed by atoms with Crippen LogP contribution in [0.4, 0.5) is 5.13 Å². The molecule has 2 aromatic rings. The average Bonchev–Trinajstić information content (AvgIpc) is 2.74. The second-order valence-electron chi connectivity index (χ2n) is 4.15. The SMILES string of the molecule is CNc1nc2c(Cl)cc3c(c2s1)CCCC3. The van der Waals surface area contributed by atoms with Gasteiger partial charge in [-0.05, 0) is 42.9 Å². The van der Waals surface area contributed by atoms with Crippen molar-refractivity contribution in [3.8, 4) is 0 Å². The first kappa shape index (κ1) is 10.4. The highest BCUT2D eigenvalue weighted by molar-refractivity contribution is 7.22. The number of hydrogen-bond donors (Lipinski definition) is 1. The molecule has 3 rings (SSSR count). The molecule has 1 aliphatic rings.